The molecule has 0 radical (unpaired) electrons. The molecule has 1 spiro atoms. The highest BCUT2D eigenvalue weighted by Crippen LogP contribution is 2.46. The molecule has 4 heteroatoms. The largest absolute Gasteiger partial charge is 0.353 e. The van der Waals surface area contributed by atoms with Crippen molar-refractivity contribution in [2.24, 2.45) is 23.2 Å². The molecule has 0 aromatic heterocycles. The molecule has 2 saturated carbocycles. The van der Waals surface area contributed by atoms with Crippen LogP contribution in [0.2, 0.25) is 0 Å². The van der Waals surface area contributed by atoms with E-state index in [4.69, 9.17) is 0 Å². The van der Waals surface area contributed by atoms with Gasteiger partial charge in [0.15, 0.2) is 0 Å². The number of piperidine rings is 1. The summed E-state index contributed by atoms with van der Waals surface area (Å²) < 4.78 is 0. The molecule has 3 aliphatic rings. The van der Waals surface area contributed by atoms with Gasteiger partial charge in [-0.25, -0.2) is 0 Å². The third kappa shape index (κ3) is 5.13. The van der Waals surface area contributed by atoms with E-state index >= 15 is 0 Å². The van der Waals surface area contributed by atoms with Gasteiger partial charge < -0.3 is 10.2 Å². The van der Waals surface area contributed by atoms with Gasteiger partial charge in [0.05, 0.1) is 0 Å². The molecular formula is C23H40N2O2. The Morgan fingerprint density at radius 2 is 1.52 bits per heavy atom. The van der Waals surface area contributed by atoms with E-state index in [-0.39, 0.29) is 29.7 Å². The van der Waals surface area contributed by atoms with Gasteiger partial charge in [-0.05, 0) is 89.3 Å². The van der Waals surface area contributed by atoms with Crippen LogP contribution in [0.15, 0.2) is 0 Å². The van der Waals surface area contributed by atoms with E-state index in [1.807, 2.05) is 13.8 Å². The molecule has 1 amide bonds. The molecule has 27 heavy (non-hydrogen) atoms. The van der Waals surface area contributed by atoms with Crippen LogP contribution in [0.1, 0.15) is 85.0 Å². The molecule has 3 fully saturated rings. The number of carbonyl (C=O) groups is 2. The number of hydrogen-bond donors (Lipinski definition) is 1. The quantitative estimate of drug-likeness (QED) is 0.783. The lowest BCUT2D eigenvalue weighted by molar-refractivity contribution is -0.128. The number of carbonyl (C=O) groups excluding carboxylic acids is 2. The molecule has 0 atom stereocenters. The maximum Gasteiger partial charge on any atom is 0.223 e. The SMILES string of the molecule is CCN1CCC2(CCC(C(=O)N[C@H]3CC[C@@H](C(=O)C(C)C)CC3)CC2)CC1. The van der Waals surface area contributed by atoms with Crippen molar-refractivity contribution < 1.29 is 9.59 Å². The lowest BCUT2D eigenvalue weighted by Crippen LogP contribution is -2.45. The molecule has 4 nitrogen and oxygen atoms in total. The van der Waals surface area contributed by atoms with Crippen molar-refractivity contribution in [3.63, 3.8) is 0 Å². The molecule has 1 aliphatic heterocycles. The second-order valence-electron chi connectivity index (χ2n) is 9.82. The molecule has 154 valence electrons. The van der Waals surface area contributed by atoms with Crippen LogP contribution >= 0.6 is 0 Å². The summed E-state index contributed by atoms with van der Waals surface area (Å²) in [5.74, 6) is 1.28. The molecule has 0 unspecified atom stereocenters. The highest BCUT2D eigenvalue weighted by atomic mass is 16.2. The predicted octanol–water partition coefficient (Wildman–Crippen LogP) is 4.18. The first-order valence-electron chi connectivity index (χ1n) is 11.5. The smallest absolute Gasteiger partial charge is 0.223 e. The minimum atomic E-state index is 0.139. The molecule has 1 saturated heterocycles. The van der Waals surface area contributed by atoms with Crippen LogP contribution in [0.25, 0.3) is 0 Å². The number of rotatable bonds is 5. The molecule has 0 bridgehead atoms. The summed E-state index contributed by atoms with van der Waals surface area (Å²) in [5, 5.41) is 3.33. The van der Waals surface area contributed by atoms with Crippen LogP contribution in [0.4, 0.5) is 0 Å². The summed E-state index contributed by atoms with van der Waals surface area (Å²) in [4.78, 5) is 27.5. The van der Waals surface area contributed by atoms with Crippen molar-refractivity contribution >= 4 is 11.7 Å². The number of nitrogens with one attached hydrogen (secondary N) is 1. The van der Waals surface area contributed by atoms with Crippen molar-refractivity contribution in [1.82, 2.24) is 10.2 Å². The standard InChI is InChI=1S/C23H40N2O2/c1-4-25-15-13-23(14-16-25)11-9-19(10-12-23)22(27)24-20-7-5-18(6-8-20)21(26)17(2)3/h17-20H,4-16H2,1-3H3,(H,24,27)/t18-,20+. The number of ketones is 1. The summed E-state index contributed by atoms with van der Waals surface area (Å²) in [6.07, 6.45) is 11.1. The van der Waals surface area contributed by atoms with Crippen LogP contribution in [-0.2, 0) is 9.59 Å². The van der Waals surface area contributed by atoms with Crippen molar-refractivity contribution in [2.75, 3.05) is 19.6 Å². The van der Waals surface area contributed by atoms with Crippen LogP contribution in [0.5, 0.6) is 0 Å². The summed E-state index contributed by atoms with van der Waals surface area (Å²) in [5.41, 5.74) is 0.526. The van der Waals surface area contributed by atoms with Crippen molar-refractivity contribution in [2.45, 2.75) is 91.0 Å². The van der Waals surface area contributed by atoms with Crippen LogP contribution in [0.3, 0.4) is 0 Å². The number of Topliss-reactive ketones (excluding diaryl/α,β-unsaturated/α-hetero) is 1. The Morgan fingerprint density at radius 1 is 0.926 bits per heavy atom. The van der Waals surface area contributed by atoms with Gasteiger partial charge in [0, 0.05) is 23.8 Å². The monoisotopic (exact) mass is 376 g/mol. The maximum absolute atomic E-state index is 12.8. The Bertz CT molecular complexity index is 504. The van der Waals surface area contributed by atoms with Crippen molar-refractivity contribution in [1.29, 1.82) is 0 Å². The molecular weight excluding hydrogens is 336 g/mol. The summed E-state index contributed by atoms with van der Waals surface area (Å²) >= 11 is 0. The maximum atomic E-state index is 12.8. The second-order valence-corrected chi connectivity index (χ2v) is 9.82. The summed E-state index contributed by atoms with van der Waals surface area (Å²) in [6.45, 7) is 9.91. The lowest BCUT2D eigenvalue weighted by Gasteiger charge is -2.45. The number of nitrogens with zero attached hydrogens (tertiary/aromatic N) is 1. The zero-order valence-corrected chi connectivity index (χ0v) is 17.8. The minimum absolute atomic E-state index is 0.139. The molecule has 2 aliphatic carbocycles. The molecule has 1 heterocycles. The van der Waals surface area contributed by atoms with E-state index in [1.54, 1.807) is 0 Å². The van der Waals surface area contributed by atoms with Crippen molar-refractivity contribution in [3.05, 3.63) is 0 Å². The normalized spacial score (nSPS) is 29.8. The third-order valence-electron chi connectivity index (χ3n) is 7.83. The molecule has 1 N–H and O–H groups in total. The van der Waals surface area contributed by atoms with Gasteiger partial charge >= 0.3 is 0 Å². The summed E-state index contributed by atoms with van der Waals surface area (Å²) in [6, 6.07) is 0.289. The molecule has 3 rings (SSSR count). The van der Waals surface area contributed by atoms with Crippen LogP contribution < -0.4 is 5.32 Å². The van der Waals surface area contributed by atoms with Crippen LogP contribution in [0, 0.1) is 23.2 Å². The highest BCUT2D eigenvalue weighted by molar-refractivity contribution is 5.83. The van der Waals surface area contributed by atoms with Gasteiger partial charge in [0.2, 0.25) is 5.91 Å². The number of amides is 1. The van der Waals surface area contributed by atoms with Gasteiger partial charge in [-0.1, -0.05) is 20.8 Å². The van der Waals surface area contributed by atoms with Gasteiger partial charge in [-0.15, -0.1) is 0 Å². The Hall–Kier alpha value is -0.900. The highest BCUT2D eigenvalue weighted by Gasteiger charge is 2.39. The molecule has 0 aromatic rings. The fourth-order valence-corrected chi connectivity index (χ4v) is 5.65. The first-order valence-corrected chi connectivity index (χ1v) is 11.5. The van der Waals surface area contributed by atoms with E-state index in [0.29, 0.717) is 11.2 Å². The average molecular weight is 377 g/mol. The second kappa shape index (κ2) is 9.07. The molecule has 0 aromatic carbocycles. The van der Waals surface area contributed by atoms with E-state index in [1.165, 1.54) is 45.3 Å². The van der Waals surface area contributed by atoms with Crippen LogP contribution in [-0.4, -0.2) is 42.3 Å². The van der Waals surface area contributed by atoms with E-state index in [2.05, 4.69) is 17.1 Å². The third-order valence-corrected chi connectivity index (χ3v) is 7.83. The van der Waals surface area contributed by atoms with E-state index < -0.39 is 0 Å². The fourth-order valence-electron chi connectivity index (χ4n) is 5.65. The lowest BCUT2D eigenvalue weighted by atomic mass is 9.65. The van der Waals surface area contributed by atoms with E-state index in [0.717, 1.165) is 38.5 Å². The first-order chi connectivity index (χ1) is 12.9. The Balaban J connectivity index is 1.40. The van der Waals surface area contributed by atoms with E-state index in [9.17, 15) is 9.59 Å². The Kier molecular flexibility index (Phi) is 6.99. The summed E-state index contributed by atoms with van der Waals surface area (Å²) in [7, 11) is 0. The van der Waals surface area contributed by atoms with Crippen molar-refractivity contribution in [3.8, 4) is 0 Å². The number of hydrogen-bond acceptors (Lipinski definition) is 3. The first kappa shape index (κ1) is 20.8. The zero-order valence-electron chi connectivity index (χ0n) is 17.8. The Morgan fingerprint density at radius 3 is 2.04 bits per heavy atom. The fraction of sp³-hybridized carbons (Fsp3) is 0.913. The van der Waals surface area contributed by atoms with Gasteiger partial charge in [-0.3, -0.25) is 9.59 Å². The van der Waals surface area contributed by atoms with Gasteiger partial charge in [0.1, 0.15) is 5.78 Å². The zero-order chi connectivity index (χ0) is 19.4. The van der Waals surface area contributed by atoms with Gasteiger partial charge in [-0.2, -0.15) is 0 Å². The average Bonchev–Trinajstić information content (AvgIpc) is 2.69. The Labute approximate surface area is 165 Å². The predicted molar refractivity (Wildman–Crippen MR) is 109 cm³/mol. The minimum Gasteiger partial charge on any atom is -0.353 e. The topological polar surface area (TPSA) is 49.4 Å². The van der Waals surface area contributed by atoms with Gasteiger partial charge in [0.25, 0.3) is 0 Å². The number of likely N-dealkylation sites (tertiary alicyclic amines) is 1.